The Balaban J connectivity index is 1.92. The van der Waals surface area contributed by atoms with Crippen molar-refractivity contribution in [2.45, 2.75) is 32.5 Å². The molecule has 0 radical (unpaired) electrons. The number of fused-ring (bicyclic) bond motifs is 1. The maximum Gasteiger partial charge on any atom is 0.169 e. The summed E-state index contributed by atoms with van der Waals surface area (Å²) in [5, 5.41) is 9.15. The number of ether oxygens (including phenoxy) is 2. The third-order valence-corrected chi connectivity index (χ3v) is 4.07. The molecule has 0 saturated carbocycles. The summed E-state index contributed by atoms with van der Waals surface area (Å²) >= 11 is 3.47. The summed E-state index contributed by atoms with van der Waals surface area (Å²) in [6.07, 6.45) is 0.879. The molecule has 0 saturated heterocycles. The number of rotatable bonds is 3. The first-order valence-corrected chi connectivity index (χ1v) is 7.66. The average Bonchev–Trinajstić information content (AvgIpc) is 2.76. The highest BCUT2D eigenvalue weighted by Gasteiger charge is 2.32. The zero-order valence-electron chi connectivity index (χ0n) is 12.0. The van der Waals surface area contributed by atoms with Crippen molar-refractivity contribution in [3.8, 4) is 17.2 Å². The Kier molecular flexibility index (Phi) is 3.68. The van der Waals surface area contributed by atoms with Gasteiger partial charge in [-0.3, -0.25) is 0 Å². The molecule has 0 aromatic heterocycles. The van der Waals surface area contributed by atoms with E-state index in [0.29, 0.717) is 5.75 Å². The summed E-state index contributed by atoms with van der Waals surface area (Å²) in [6.45, 7) is 4.16. The second kappa shape index (κ2) is 5.35. The minimum Gasteiger partial charge on any atom is -0.483 e. The Morgan fingerprint density at radius 2 is 2.05 bits per heavy atom. The largest absolute Gasteiger partial charge is 0.483 e. The van der Waals surface area contributed by atoms with Crippen LogP contribution in [0.4, 0.5) is 0 Å². The molecule has 4 heteroatoms. The topological polar surface area (TPSA) is 38.7 Å². The van der Waals surface area contributed by atoms with Crippen LogP contribution in [0.15, 0.2) is 40.9 Å². The summed E-state index contributed by atoms with van der Waals surface area (Å²) in [4.78, 5) is 0. The van der Waals surface area contributed by atoms with Crippen molar-refractivity contribution in [2.24, 2.45) is 0 Å². The van der Waals surface area contributed by atoms with Crippen molar-refractivity contribution in [3.63, 3.8) is 0 Å². The van der Waals surface area contributed by atoms with Crippen molar-refractivity contribution >= 4 is 15.9 Å². The van der Waals surface area contributed by atoms with E-state index in [2.05, 4.69) is 35.8 Å². The van der Waals surface area contributed by atoms with Crippen LogP contribution in [0.2, 0.25) is 0 Å². The fourth-order valence-electron chi connectivity index (χ4n) is 2.51. The number of benzene rings is 2. The molecular formula is C17H17BrO3. The predicted molar refractivity (Wildman–Crippen MR) is 85.0 cm³/mol. The molecule has 1 N–H and O–H groups in total. The summed E-state index contributed by atoms with van der Waals surface area (Å²) in [7, 11) is 0. The van der Waals surface area contributed by atoms with E-state index >= 15 is 0 Å². The van der Waals surface area contributed by atoms with Gasteiger partial charge in [0.25, 0.3) is 0 Å². The number of halogens is 1. The molecular weight excluding hydrogens is 332 g/mol. The average molecular weight is 349 g/mol. The van der Waals surface area contributed by atoms with E-state index in [1.165, 1.54) is 5.56 Å². The lowest BCUT2D eigenvalue weighted by molar-refractivity contribution is 0.135. The molecule has 2 aromatic carbocycles. The Labute approximate surface area is 132 Å². The van der Waals surface area contributed by atoms with E-state index < -0.39 is 0 Å². The minimum atomic E-state index is -0.195. The third kappa shape index (κ3) is 2.92. The first-order chi connectivity index (χ1) is 9.98. The number of hydrogen-bond donors (Lipinski definition) is 1. The number of para-hydroxylation sites is 1. The molecule has 0 unspecified atom stereocenters. The molecule has 0 atom stereocenters. The lowest BCUT2D eigenvalue weighted by atomic mass is 10.0. The summed E-state index contributed by atoms with van der Waals surface area (Å²) < 4.78 is 12.8. The molecule has 1 heterocycles. The second-order valence-corrected chi connectivity index (χ2v) is 6.66. The van der Waals surface area contributed by atoms with Gasteiger partial charge in [0, 0.05) is 12.0 Å². The van der Waals surface area contributed by atoms with Gasteiger partial charge in [-0.25, -0.2) is 0 Å². The van der Waals surface area contributed by atoms with Crippen LogP contribution in [0.1, 0.15) is 25.0 Å². The smallest absolute Gasteiger partial charge is 0.169 e. The van der Waals surface area contributed by atoms with E-state index in [-0.39, 0.29) is 12.2 Å². The van der Waals surface area contributed by atoms with Gasteiger partial charge < -0.3 is 14.6 Å². The molecule has 2 aromatic rings. The molecule has 0 amide bonds. The van der Waals surface area contributed by atoms with Crippen molar-refractivity contribution in [1.82, 2.24) is 0 Å². The van der Waals surface area contributed by atoms with Crippen molar-refractivity contribution in [1.29, 1.82) is 0 Å². The van der Waals surface area contributed by atoms with Crippen LogP contribution in [0.3, 0.4) is 0 Å². The van der Waals surface area contributed by atoms with E-state index in [1.807, 2.05) is 30.3 Å². The quantitative estimate of drug-likeness (QED) is 0.890. The fourth-order valence-corrected chi connectivity index (χ4v) is 3.02. The van der Waals surface area contributed by atoms with Gasteiger partial charge in [-0.15, -0.1) is 0 Å². The molecule has 1 aliphatic rings. The summed E-state index contributed by atoms with van der Waals surface area (Å²) in [5.41, 5.74) is 1.81. The molecule has 0 bridgehead atoms. The van der Waals surface area contributed by atoms with Gasteiger partial charge in [-0.2, -0.15) is 0 Å². The van der Waals surface area contributed by atoms with Crippen LogP contribution in [0.25, 0.3) is 0 Å². The number of hydrogen-bond acceptors (Lipinski definition) is 3. The molecule has 3 nitrogen and oxygen atoms in total. The van der Waals surface area contributed by atoms with Crippen LogP contribution in [-0.2, 0) is 13.0 Å². The van der Waals surface area contributed by atoms with Gasteiger partial charge in [0.1, 0.15) is 11.4 Å². The monoisotopic (exact) mass is 348 g/mol. The molecule has 21 heavy (non-hydrogen) atoms. The van der Waals surface area contributed by atoms with Gasteiger partial charge in [-0.05, 0) is 53.5 Å². The zero-order valence-corrected chi connectivity index (χ0v) is 13.6. The van der Waals surface area contributed by atoms with Crippen LogP contribution in [0.5, 0.6) is 17.2 Å². The summed E-state index contributed by atoms with van der Waals surface area (Å²) in [5.74, 6) is 2.24. The molecule has 110 valence electrons. The van der Waals surface area contributed by atoms with E-state index in [0.717, 1.165) is 28.0 Å². The van der Waals surface area contributed by atoms with E-state index in [1.54, 1.807) is 0 Å². The fraction of sp³-hybridized carbons (Fsp3) is 0.294. The minimum absolute atomic E-state index is 0.0108. The third-order valence-electron chi connectivity index (χ3n) is 3.45. The standard InChI is InChI=1S/C17H17BrO3/c1-17(2)9-12-4-3-5-15(16(12)21-17)20-14-7-6-11(10-19)8-13(14)18/h3-8,19H,9-10H2,1-2H3. The lowest BCUT2D eigenvalue weighted by Gasteiger charge is -2.18. The van der Waals surface area contributed by atoms with Gasteiger partial charge in [0.2, 0.25) is 0 Å². The van der Waals surface area contributed by atoms with E-state index in [9.17, 15) is 0 Å². The normalized spacial score (nSPS) is 15.4. The highest BCUT2D eigenvalue weighted by atomic mass is 79.9. The first kappa shape index (κ1) is 14.4. The highest BCUT2D eigenvalue weighted by Crippen LogP contribution is 2.44. The molecule has 0 aliphatic carbocycles. The van der Waals surface area contributed by atoms with Gasteiger partial charge in [0.05, 0.1) is 11.1 Å². The Morgan fingerprint density at radius 1 is 1.24 bits per heavy atom. The Hall–Kier alpha value is -1.52. The van der Waals surface area contributed by atoms with E-state index in [4.69, 9.17) is 14.6 Å². The Morgan fingerprint density at radius 3 is 2.76 bits per heavy atom. The van der Waals surface area contributed by atoms with Crippen molar-refractivity contribution in [2.75, 3.05) is 0 Å². The van der Waals surface area contributed by atoms with Crippen molar-refractivity contribution in [3.05, 3.63) is 52.0 Å². The van der Waals surface area contributed by atoms with Crippen LogP contribution in [-0.4, -0.2) is 10.7 Å². The van der Waals surface area contributed by atoms with Crippen molar-refractivity contribution < 1.29 is 14.6 Å². The molecule has 0 spiro atoms. The number of aliphatic hydroxyl groups is 1. The van der Waals surface area contributed by atoms with Crippen LogP contribution < -0.4 is 9.47 Å². The van der Waals surface area contributed by atoms with Crippen LogP contribution in [0, 0.1) is 0 Å². The number of aliphatic hydroxyl groups excluding tert-OH is 1. The maximum atomic E-state index is 9.15. The molecule has 1 aliphatic heterocycles. The second-order valence-electron chi connectivity index (χ2n) is 5.81. The SMILES string of the molecule is CC1(C)Cc2cccc(Oc3ccc(CO)cc3Br)c2O1. The predicted octanol–water partition coefficient (Wildman–Crippen LogP) is 4.45. The Bertz CT molecular complexity index is 680. The first-order valence-electron chi connectivity index (χ1n) is 6.86. The van der Waals surface area contributed by atoms with Gasteiger partial charge >= 0.3 is 0 Å². The highest BCUT2D eigenvalue weighted by molar-refractivity contribution is 9.10. The van der Waals surface area contributed by atoms with Crippen LogP contribution >= 0.6 is 15.9 Å². The molecule has 0 fully saturated rings. The van der Waals surface area contributed by atoms with Gasteiger partial charge in [-0.1, -0.05) is 18.2 Å². The summed E-state index contributed by atoms with van der Waals surface area (Å²) in [6, 6.07) is 11.5. The zero-order chi connectivity index (χ0) is 15.0. The molecule has 3 rings (SSSR count). The van der Waals surface area contributed by atoms with Gasteiger partial charge in [0.15, 0.2) is 11.5 Å². The lowest BCUT2D eigenvalue weighted by Crippen LogP contribution is -2.24. The maximum absolute atomic E-state index is 9.15.